The van der Waals surface area contributed by atoms with E-state index in [0.717, 1.165) is 16.7 Å². The van der Waals surface area contributed by atoms with Crippen LogP contribution in [0, 0.1) is 0 Å². The van der Waals surface area contributed by atoms with Gasteiger partial charge in [0.1, 0.15) is 11.8 Å². The maximum absolute atomic E-state index is 11.5. The number of benzene rings is 1. The van der Waals surface area contributed by atoms with Crippen molar-refractivity contribution in [3.8, 4) is 5.75 Å². The van der Waals surface area contributed by atoms with Crippen molar-refractivity contribution in [3.05, 3.63) is 34.9 Å². The van der Waals surface area contributed by atoms with Crippen molar-refractivity contribution in [1.82, 2.24) is 5.32 Å². The first-order valence-electron chi connectivity index (χ1n) is 8.88. The van der Waals surface area contributed by atoms with Crippen LogP contribution in [0.25, 0.3) is 6.08 Å². The average molecular weight is 363 g/mol. The molecule has 146 valence electrons. The molecule has 0 bridgehead atoms. The summed E-state index contributed by atoms with van der Waals surface area (Å²) in [4.78, 5) is 11.5. The zero-order chi connectivity index (χ0) is 20.1. The van der Waals surface area contributed by atoms with Crippen LogP contribution < -0.4 is 5.32 Å². The van der Waals surface area contributed by atoms with E-state index in [9.17, 15) is 15.0 Å². The Kier molecular flexibility index (Phi) is 7.42. The quantitative estimate of drug-likeness (QED) is 0.677. The van der Waals surface area contributed by atoms with Gasteiger partial charge in [0.15, 0.2) is 0 Å². The molecule has 1 aromatic rings. The molecule has 0 spiro atoms. The van der Waals surface area contributed by atoms with E-state index in [0.29, 0.717) is 12.3 Å². The fourth-order valence-corrected chi connectivity index (χ4v) is 2.67. The third-order valence-electron chi connectivity index (χ3n) is 4.21. The van der Waals surface area contributed by atoms with Gasteiger partial charge >= 0.3 is 5.97 Å². The van der Waals surface area contributed by atoms with E-state index < -0.39 is 12.0 Å². The Morgan fingerprint density at radius 3 is 2.04 bits per heavy atom. The maximum atomic E-state index is 11.5. The van der Waals surface area contributed by atoms with E-state index in [2.05, 4.69) is 51.6 Å². The third-order valence-corrected chi connectivity index (χ3v) is 4.21. The van der Waals surface area contributed by atoms with Crippen molar-refractivity contribution in [2.45, 2.75) is 58.4 Å². The fraction of sp³-hybridized carbons (Fsp3) is 0.571. The normalized spacial score (nSPS) is 13.8. The highest BCUT2D eigenvalue weighted by Crippen LogP contribution is 2.39. The molecule has 0 amide bonds. The van der Waals surface area contributed by atoms with Crippen LogP contribution in [-0.4, -0.2) is 42.5 Å². The molecule has 0 aliphatic carbocycles. The number of carbonyl (C=O) groups excluding carboxylic acids is 1. The number of methoxy groups -OCH3 is 1. The number of hydrogen-bond donors (Lipinski definition) is 3. The van der Waals surface area contributed by atoms with E-state index >= 15 is 0 Å². The van der Waals surface area contributed by atoms with Gasteiger partial charge in [-0.25, -0.2) is 0 Å². The van der Waals surface area contributed by atoms with E-state index in [1.54, 1.807) is 0 Å². The molecule has 1 rings (SSSR count). The van der Waals surface area contributed by atoms with Crippen LogP contribution in [0.3, 0.4) is 0 Å². The summed E-state index contributed by atoms with van der Waals surface area (Å²) < 4.78 is 4.62. The van der Waals surface area contributed by atoms with Gasteiger partial charge in [-0.05, 0) is 28.5 Å². The summed E-state index contributed by atoms with van der Waals surface area (Å²) in [6.45, 7) is 12.5. The highest BCUT2D eigenvalue weighted by atomic mass is 16.5. The molecule has 5 heteroatoms. The molecule has 0 aliphatic rings. The Morgan fingerprint density at radius 1 is 1.15 bits per heavy atom. The molecule has 0 radical (unpaired) electrons. The first-order chi connectivity index (χ1) is 11.9. The van der Waals surface area contributed by atoms with Crippen LogP contribution in [0.2, 0.25) is 0 Å². The molecule has 0 saturated carbocycles. The van der Waals surface area contributed by atoms with Crippen LogP contribution in [0.4, 0.5) is 0 Å². The Bertz CT molecular complexity index is 616. The molecule has 0 unspecified atom stereocenters. The van der Waals surface area contributed by atoms with Crippen LogP contribution in [0.15, 0.2) is 18.2 Å². The number of aliphatic hydroxyl groups excluding tert-OH is 1. The zero-order valence-corrected chi connectivity index (χ0v) is 17.0. The number of hydrogen-bond acceptors (Lipinski definition) is 5. The molecule has 26 heavy (non-hydrogen) atoms. The molecular formula is C21H33NO4. The van der Waals surface area contributed by atoms with Gasteiger partial charge in [-0.2, -0.15) is 0 Å². The summed E-state index contributed by atoms with van der Waals surface area (Å²) in [5.41, 5.74) is 2.43. The summed E-state index contributed by atoms with van der Waals surface area (Å²) >= 11 is 0. The number of carbonyl (C=O) groups is 1. The Labute approximate surface area is 157 Å². The predicted octanol–water partition coefficient (Wildman–Crippen LogP) is 3.12. The van der Waals surface area contributed by atoms with Gasteiger partial charge in [0.2, 0.25) is 0 Å². The second-order valence-corrected chi connectivity index (χ2v) is 8.53. The highest BCUT2D eigenvalue weighted by molar-refractivity contribution is 5.75. The van der Waals surface area contributed by atoms with E-state index in [1.165, 1.54) is 7.11 Å². The summed E-state index contributed by atoms with van der Waals surface area (Å²) in [6.07, 6.45) is 3.83. The van der Waals surface area contributed by atoms with E-state index in [4.69, 9.17) is 0 Å². The number of ether oxygens (including phenoxy) is 1. The van der Waals surface area contributed by atoms with Crippen LogP contribution in [0.1, 0.15) is 58.2 Å². The Morgan fingerprint density at radius 2 is 1.65 bits per heavy atom. The molecule has 5 nitrogen and oxygen atoms in total. The second-order valence-electron chi connectivity index (χ2n) is 8.53. The van der Waals surface area contributed by atoms with Gasteiger partial charge in [-0.15, -0.1) is 0 Å². The number of aromatic hydroxyl groups is 1. The number of rotatable bonds is 6. The first-order valence-corrected chi connectivity index (χ1v) is 8.88. The van der Waals surface area contributed by atoms with Crippen LogP contribution in [0.5, 0.6) is 5.75 Å². The fourth-order valence-electron chi connectivity index (χ4n) is 2.67. The number of phenolic OH excluding ortho intramolecular Hbond substituents is 1. The molecule has 0 saturated heterocycles. The lowest BCUT2D eigenvalue weighted by Gasteiger charge is -2.27. The van der Waals surface area contributed by atoms with Gasteiger partial charge in [0.25, 0.3) is 0 Å². The van der Waals surface area contributed by atoms with E-state index in [-0.39, 0.29) is 17.4 Å². The van der Waals surface area contributed by atoms with Crippen LogP contribution >= 0.6 is 0 Å². The van der Waals surface area contributed by atoms with Gasteiger partial charge in [-0.1, -0.05) is 53.7 Å². The predicted molar refractivity (Wildman–Crippen MR) is 105 cm³/mol. The van der Waals surface area contributed by atoms with Gasteiger partial charge in [-0.3, -0.25) is 10.1 Å². The topological polar surface area (TPSA) is 78.8 Å². The summed E-state index contributed by atoms with van der Waals surface area (Å²) in [7, 11) is 1.29. The minimum absolute atomic E-state index is 0.181. The van der Waals surface area contributed by atoms with Gasteiger partial charge in [0.05, 0.1) is 13.7 Å². The summed E-state index contributed by atoms with van der Waals surface area (Å²) in [5.74, 6) is -0.137. The van der Waals surface area contributed by atoms with Gasteiger partial charge < -0.3 is 14.9 Å². The summed E-state index contributed by atoms with van der Waals surface area (Å²) in [6, 6.07) is 3.25. The Hall–Kier alpha value is -1.85. The second kappa shape index (κ2) is 8.69. The lowest BCUT2D eigenvalue weighted by Crippen LogP contribution is -2.40. The standard InChI is InChI=1S/C21H33NO4/c1-20(2,3)15-11-14(12-16(18(15)24)21(4,5)6)9-8-10-22-17(13-23)19(25)26-7/h8-9,11-12,17,22-24H,10,13H2,1-7H3/t17-/m0/s1. The largest absolute Gasteiger partial charge is 0.507 e. The van der Waals surface area contributed by atoms with Crippen molar-refractivity contribution in [2.24, 2.45) is 0 Å². The third kappa shape index (κ3) is 5.85. The Balaban J connectivity index is 3.08. The smallest absolute Gasteiger partial charge is 0.325 e. The minimum Gasteiger partial charge on any atom is -0.507 e. The minimum atomic E-state index is -0.736. The monoisotopic (exact) mass is 363 g/mol. The van der Waals surface area contributed by atoms with Crippen molar-refractivity contribution in [1.29, 1.82) is 0 Å². The molecule has 0 aliphatic heterocycles. The van der Waals surface area contributed by atoms with Crippen molar-refractivity contribution >= 4 is 12.0 Å². The van der Waals surface area contributed by atoms with Crippen LogP contribution in [-0.2, 0) is 20.4 Å². The number of nitrogens with one attached hydrogen (secondary N) is 1. The first kappa shape index (κ1) is 22.2. The SMILES string of the molecule is COC(=O)[C@H](CO)NCC=Cc1cc(C(C)(C)C)c(O)c(C(C)(C)C)c1. The maximum Gasteiger partial charge on any atom is 0.325 e. The van der Waals surface area contributed by atoms with Gasteiger partial charge in [0, 0.05) is 17.7 Å². The number of esters is 1. The zero-order valence-electron chi connectivity index (χ0n) is 17.0. The van der Waals surface area contributed by atoms with E-state index in [1.807, 2.05) is 24.3 Å². The highest BCUT2D eigenvalue weighted by Gasteiger charge is 2.26. The molecule has 0 heterocycles. The molecule has 3 N–H and O–H groups in total. The number of aliphatic hydroxyl groups is 1. The lowest BCUT2D eigenvalue weighted by atomic mass is 9.78. The molecule has 0 aromatic heterocycles. The molecule has 0 fully saturated rings. The average Bonchev–Trinajstić information content (AvgIpc) is 2.53. The lowest BCUT2D eigenvalue weighted by molar-refractivity contribution is -0.144. The number of phenols is 1. The molecule has 1 aromatic carbocycles. The molecular weight excluding hydrogens is 330 g/mol. The van der Waals surface area contributed by atoms with Crippen molar-refractivity contribution < 1.29 is 19.7 Å². The van der Waals surface area contributed by atoms with Crippen molar-refractivity contribution in [2.75, 3.05) is 20.3 Å². The van der Waals surface area contributed by atoms with Crippen molar-refractivity contribution in [3.63, 3.8) is 0 Å². The summed E-state index contributed by atoms with van der Waals surface area (Å²) in [5, 5.41) is 22.9. The molecule has 1 atom stereocenters.